The molecule has 7 aromatic carbocycles. The van der Waals surface area contributed by atoms with E-state index in [9.17, 15) is 0 Å². The van der Waals surface area contributed by atoms with E-state index in [2.05, 4.69) is 150 Å². The van der Waals surface area contributed by atoms with Crippen molar-refractivity contribution in [1.82, 2.24) is 14.5 Å². The zero-order valence-corrected chi connectivity index (χ0v) is 25.5. The fraction of sp³-hybridized carbons (Fsp3) is 0. The zero-order valence-electron chi connectivity index (χ0n) is 24.7. The van der Waals surface area contributed by atoms with Gasteiger partial charge in [-0.05, 0) is 17.5 Å². The summed E-state index contributed by atoms with van der Waals surface area (Å²) in [7, 11) is 0. The average molecular weight is 604 g/mol. The molecule has 0 radical (unpaired) electrons. The van der Waals surface area contributed by atoms with Crippen molar-refractivity contribution in [3.05, 3.63) is 152 Å². The Morgan fingerprint density at radius 3 is 2.00 bits per heavy atom. The molecule has 3 aromatic heterocycles. The minimum Gasteiger partial charge on any atom is -0.277 e. The molecule has 0 unspecified atom stereocenters. The van der Waals surface area contributed by atoms with E-state index in [4.69, 9.17) is 9.97 Å². The second-order valence-electron chi connectivity index (χ2n) is 11.8. The first-order valence-electron chi connectivity index (χ1n) is 15.5. The van der Waals surface area contributed by atoms with Crippen molar-refractivity contribution in [3.63, 3.8) is 0 Å². The lowest BCUT2D eigenvalue weighted by Gasteiger charge is -2.14. The van der Waals surface area contributed by atoms with E-state index < -0.39 is 0 Å². The minimum atomic E-state index is 0.671. The maximum atomic E-state index is 5.41. The first kappa shape index (κ1) is 25.5. The Morgan fingerprint density at radius 1 is 0.435 bits per heavy atom. The summed E-state index contributed by atoms with van der Waals surface area (Å²) in [4.78, 5) is 10.7. The van der Waals surface area contributed by atoms with Gasteiger partial charge in [-0.1, -0.05) is 140 Å². The van der Waals surface area contributed by atoms with Gasteiger partial charge in [0.1, 0.15) is 0 Å². The number of fused-ring (bicyclic) bond motifs is 9. The third-order valence-electron chi connectivity index (χ3n) is 9.21. The predicted molar refractivity (Wildman–Crippen MR) is 195 cm³/mol. The number of hydrogen-bond acceptors (Lipinski definition) is 3. The molecule has 0 saturated carbocycles. The molecule has 3 heterocycles. The fourth-order valence-electron chi connectivity index (χ4n) is 7.18. The molecule has 0 aliphatic heterocycles. The van der Waals surface area contributed by atoms with E-state index in [0.717, 1.165) is 33.2 Å². The summed E-state index contributed by atoms with van der Waals surface area (Å²) < 4.78 is 4.92. The van der Waals surface area contributed by atoms with Gasteiger partial charge in [0, 0.05) is 58.4 Å². The van der Waals surface area contributed by atoms with Crippen molar-refractivity contribution in [1.29, 1.82) is 0 Å². The quantitative estimate of drug-likeness (QED) is 0.201. The molecule has 0 aliphatic rings. The Labute approximate surface area is 268 Å². The molecule has 10 aromatic rings. The molecule has 46 heavy (non-hydrogen) atoms. The second-order valence-corrected chi connectivity index (χ2v) is 12.8. The Kier molecular flexibility index (Phi) is 5.45. The van der Waals surface area contributed by atoms with Crippen LogP contribution in [-0.4, -0.2) is 14.5 Å². The van der Waals surface area contributed by atoms with E-state index in [-0.39, 0.29) is 0 Å². The van der Waals surface area contributed by atoms with Crippen molar-refractivity contribution >= 4 is 75.0 Å². The number of benzene rings is 7. The standard InChI is InChI=1S/C42H25N3S/c1-2-13-27(14-3-1)38-35-17-6-8-22-36(35)43-42(44-38)45-39-28-15-5-4-12-26(28)24-25-32(39)30-18-10-19-31(40(30)45)34-21-11-20-33-29-16-7-9-23-37(29)46-41(33)34/h1-25H. The molecule has 0 atom stereocenters. The second kappa shape index (κ2) is 9.83. The Morgan fingerprint density at radius 2 is 1.11 bits per heavy atom. The Balaban J connectivity index is 1.40. The number of aromatic nitrogens is 3. The average Bonchev–Trinajstić information content (AvgIpc) is 3.68. The van der Waals surface area contributed by atoms with Crippen molar-refractivity contribution in [3.8, 4) is 28.3 Å². The van der Waals surface area contributed by atoms with Crippen LogP contribution in [0.15, 0.2) is 152 Å². The maximum Gasteiger partial charge on any atom is 0.235 e. The SMILES string of the molecule is c1ccc(-c2nc(-n3c4c(-c5cccc6c5sc5ccccc56)cccc4c4ccc5ccccc5c43)nc3ccccc23)cc1. The van der Waals surface area contributed by atoms with Gasteiger partial charge in [0.2, 0.25) is 5.95 Å². The van der Waals surface area contributed by atoms with Crippen LogP contribution in [0.25, 0.3) is 92.0 Å². The van der Waals surface area contributed by atoms with Crippen molar-refractivity contribution in [2.75, 3.05) is 0 Å². The van der Waals surface area contributed by atoms with Crippen LogP contribution in [0.5, 0.6) is 0 Å². The molecule has 3 nitrogen and oxygen atoms in total. The van der Waals surface area contributed by atoms with Gasteiger partial charge >= 0.3 is 0 Å². The summed E-state index contributed by atoms with van der Waals surface area (Å²) in [5, 5.41) is 8.38. The summed E-state index contributed by atoms with van der Waals surface area (Å²) in [5.41, 5.74) is 7.57. The maximum absolute atomic E-state index is 5.41. The van der Waals surface area contributed by atoms with Gasteiger partial charge in [0.05, 0.1) is 22.2 Å². The molecule has 0 fully saturated rings. The lowest BCUT2D eigenvalue weighted by Crippen LogP contribution is -2.04. The highest BCUT2D eigenvalue weighted by atomic mass is 32.1. The number of hydrogen-bond donors (Lipinski definition) is 0. The van der Waals surface area contributed by atoms with E-state index in [0.29, 0.717) is 5.95 Å². The van der Waals surface area contributed by atoms with Gasteiger partial charge in [-0.3, -0.25) is 4.57 Å². The van der Waals surface area contributed by atoms with Gasteiger partial charge in [0.15, 0.2) is 0 Å². The molecule has 214 valence electrons. The van der Waals surface area contributed by atoms with Crippen LogP contribution in [0.3, 0.4) is 0 Å². The Bertz CT molecular complexity index is 2810. The van der Waals surface area contributed by atoms with Crippen molar-refractivity contribution < 1.29 is 0 Å². The largest absolute Gasteiger partial charge is 0.277 e. The van der Waals surface area contributed by atoms with Crippen LogP contribution < -0.4 is 0 Å². The molecular weight excluding hydrogens is 579 g/mol. The van der Waals surface area contributed by atoms with Crippen molar-refractivity contribution in [2.24, 2.45) is 0 Å². The molecular formula is C42H25N3S. The van der Waals surface area contributed by atoms with E-state index in [1.165, 1.54) is 52.8 Å². The molecule has 4 heteroatoms. The molecule has 0 saturated heterocycles. The van der Waals surface area contributed by atoms with Gasteiger partial charge in [-0.2, -0.15) is 0 Å². The van der Waals surface area contributed by atoms with Crippen LogP contribution in [0, 0.1) is 0 Å². The smallest absolute Gasteiger partial charge is 0.235 e. The fourth-order valence-corrected chi connectivity index (χ4v) is 8.41. The normalized spacial score (nSPS) is 11.9. The number of rotatable bonds is 3. The van der Waals surface area contributed by atoms with Crippen LogP contribution in [-0.2, 0) is 0 Å². The van der Waals surface area contributed by atoms with Crippen LogP contribution in [0.1, 0.15) is 0 Å². The monoisotopic (exact) mass is 603 g/mol. The van der Waals surface area contributed by atoms with Gasteiger partial charge in [-0.25, -0.2) is 9.97 Å². The molecule has 0 bridgehead atoms. The van der Waals surface area contributed by atoms with E-state index >= 15 is 0 Å². The summed E-state index contributed by atoms with van der Waals surface area (Å²) in [6.07, 6.45) is 0. The topological polar surface area (TPSA) is 30.7 Å². The summed E-state index contributed by atoms with van der Waals surface area (Å²) in [6.45, 7) is 0. The van der Waals surface area contributed by atoms with Crippen LogP contribution in [0.2, 0.25) is 0 Å². The van der Waals surface area contributed by atoms with Crippen molar-refractivity contribution in [2.45, 2.75) is 0 Å². The molecule has 0 amide bonds. The Hall–Kier alpha value is -5.84. The number of thiophene rings is 1. The van der Waals surface area contributed by atoms with Crippen LogP contribution >= 0.6 is 11.3 Å². The predicted octanol–water partition coefficient (Wildman–Crippen LogP) is 11.6. The van der Waals surface area contributed by atoms with Crippen LogP contribution in [0.4, 0.5) is 0 Å². The first-order valence-corrected chi connectivity index (χ1v) is 16.3. The number of para-hydroxylation sites is 2. The lowest BCUT2D eigenvalue weighted by molar-refractivity contribution is 1.02. The van der Waals surface area contributed by atoms with E-state index in [1.54, 1.807) is 0 Å². The van der Waals surface area contributed by atoms with E-state index in [1.807, 2.05) is 17.4 Å². The third kappa shape index (κ3) is 3.65. The summed E-state index contributed by atoms with van der Waals surface area (Å²) in [5.74, 6) is 0.671. The molecule has 10 rings (SSSR count). The molecule has 0 aliphatic carbocycles. The first-order chi connectivity index (χ1) is 22.8. The van der Waals surface area contributed by atoms with Gasteiger partial charge < -0.3 is 0 Å². The molecule has 0 N–H and O–H groups in total. The highest BCUT2D eigenvalue weighted by Gasteiger charge is 2.22. The highest BCUT2D eigenvalue weighted by Crippen LogP contribution is 2.45. The van der Waals surface area contributed by atoms with Gasteiger partial charge in [0.25, 0.3) is 0 Å². The summed E-state index contributed by atoms with van der Waals surface area (Å²) in [6, 6.07) is 54.1. The highest BCUT2D eigenvalue weighted by molar-refractivity contribution is 7.26. The third-order valence-corrected chi connectivity index (χ3v) is 10.4. The zero-order chi connectivity index (χ0) is 30.2. The minimum absolute atomic E-state index is 0.671. The lowest BCUT2D eigenvalue weighted by atomic mass is 9.99. The van der Waals surface area contributed by atoms with Gasteiger partial charge in [-0.15, -0.1) is 11.3 Å². The molecule has 0 spiro atoms. The number of nitrogens with zero attached hydrogens (tertiary/aromatic N) is 3. The summed E-state index contributed by atoms with van der Waals surface area (Å²) >= 11 is 1.86.